The predicted octanol–water partition coefficient (Wildman–Crippen LogP) is 3.50. The second kappa shape index (κ2) is 4.76. The third-order valence-corrected chi connectivity index (χ3v) is 3.46. The van der Waals surface area contributed by atoms with Crippen molar-refractivity contribution in [3.05, 3.63) is 57.5 Å². The van der Waals surface area contributed by atoms with Crippen molar-refractivity contribution in [1.82, 2.24) is 5.32 Å². The predicted molar refractivity (Wildman–Crippen MR) is 66.4 cm³/mol. The Morgan fingerprint density at radius 2 is 1.88 bits per heavy atom. The molecule has 1 aromatic carbocycles. The van der Waals surface area contributed by atoms with Crippen molar-refractivity contribution in [1.29, 1.82) is 0 Å². The lowest BCUT2D eigenvalue weighted by molar-refractivity contribution is 0.623. The molecule has 1 unspecified atom stereocenters. The van der Waals surface area contributed by atoms with Crippen LogP contribution in [0.1, 0.15) is 22.0 Å². The summed E-state index contributed by atoms with van der Waals surface area (Å²) in [5.41, 5.74) is 2.32. The van der Waals surface area contributed by atoms with Crippen molar-refractivity contribution in [3.63, 3.8) is 0 Å². The maximum atomic E-state index is 12.8. The van der Waals surface area contributed by atoms with Crippen LogP contribution < -0.4 is 5.32 Å². The molecule has 0 saturated carbocycles. The van der Waals surface area contributed by atoms with Gasteiger partial charge in [-0.25, -0.2) is 4.39 Å². The summed E-state index contributed by atoms with van der Waals surface area (Å²) in [7, 11) is 1.92. The first kappa shape index (κ1) is 11.3. The normalized spacial score (nSPS) is 12.7. The summed E-state index contributed by atoms with van der Waals surface area (Å²) in [4.78, 5) is 1.29. The summed E-state index contributed by atoms with van der Waals surface area (Å²) >= 11 is 1.73. The van der Waals surface area contributed by atoms with E-state index in [1.165, 1.54) is 22.6 Å². The minimum atomic E-state index is -0.194. The van der Waals surface area contributed by atoms with E-state index in [1.807, 2.05) is 19.2 Å². The summed E-state index contributed by atoms with van der Waals surface area (Å²) in [6, 6.07) is 8.95. The van der Waals surface area contributed by atoms with Crippen molar-refractivity contribution >= 4 is 11.3 Å². The summed E-state index contributed by atoms with van der Waals surface area (Å²) in [6.07, 6.45) is 0. The highest BCUT2D eigenvalue weighted by Crippen LogP contribution is 2.25. The van der Waals surface area contributed by atoms with Gasteiger partial charge in [-0.2, -0.15) is 0 Å². The van der Waals surface area contributed by atoms with Gasteiger partial charge in [0.05, 0.1) is 6.04 Å². The average molecular weight is 235 g/mol. The molecule has 1 atom stereocenters. The molecule has 0 aliphatic heterocycles. The number of hydrogen-bond acceptors (Lipinski definition) is 2. The number of aryl methyl sites for hydroxylation is 1. The SMILES string of the molecule is CNC(c1ccc(F)cc1)c1csc(C)c1. The molecule has 0 aliphatic carbocycles. The molecule has 1 nitrogen and oxygen atoms in total. The van der Waals surface area contributed by atoms with Gasteiger partial charge in [0.1, 0.15) is 5.82 Å². The van der Waals surface area contributed by atoms with Gasteiger partial charge in [0, 0.05) is 4.88 Å². The van der Waals surface area contributed by atoms with E-state index in [1.54, 1.807) is 11.3 Å². The molecule has 84 valence electrons. The largest absolute Gasteiger partial charge is 0.309 e. The second-order valence-electron chi connectivity index (χ2n) is 3.76. The minimum Gasteiger partial charge on any atom is -0.309 e. The lowest BCUT2D eigenvalue weighted by atomic mass is 10.0. The van der Waals surface area contributed by atoms with Crippen LogP contribution in [0.5, 0.6) is 0 Å². The van der Waals surface area contributed by atoms with Gasteiger partial charge in [-0.1, -0.05) is 12.1 Å². The summed E-state index contributed by atoms with van der Waals surface area (Å²) in [6.45, 7) is 2.09. The number of rotatable bonds is 3. The first-order chi connectivity index (χ1) is 7.70. The molecule has 16 heavy (non-hydrogen) atoms. The van der Waals surface area contributed by atoms with Crippen molar-refractivity contribution < 1.29 is 4.39 Å². The molecular formula is C13H14FNS. The molecule has 2 aromatic rings. The van der Waals surface area contributed by atoms with E-state index < -0.39 is 0 Å². The lowest BCUT2D eigenvalue weighted by Gasteiger charge is -2.15. The van der Waals surface area contributed by atoms with E-state index in [4.69, 9.17) is 0 Å². The standard InChI is InChI=1S/C13H14FNS/c1-9-7-11(8-16-9)13(15-2)10-3-5-12(14)6-4-10/h3-8,13,15H,1-2H3. The van der Waals surface area contributed by atoms with Crippen LogP contribution in [0, 0.1) is 12.7 Å². The van der Waals surface area contributed by atoms with Crippen molar-refractivity contribution in [2.75, 3.05) is 7.05 Å². The molecule has 0 saturated heterocycles. The van der Waals surface area contributed by atoms with Gasteiger partial charge in [0.2, 0.25) is 0 Å². The lowest BCUT2D eigenvalue weighted by Crippen LogP contribution is -2.16. The Balaban J connectivity index is 2.32. The van der Waals surface area contributed by atoms with Gasteiger partial charge in [0.25, 0.3) is 0 Å². The van der Waals surface area contributed by atoms with Gasteiger partial charge >= 0.3 is 0 Å². The van der Waals surface area contributed by atoms with Crippen molar-refractivity contribution in [2.24, 2.45) is 0 Å². The molecule has 0 fully saturated rings. The van der Waals surface area contributed by atoms with Crippen LogP contribution in [0.15, 0.2) is 35.7 Å². The minimum absolute atomic E-state index is 0.144. The zero-order valence-corrected chi connectivity index (χ0v) is 10.1. The van der Waals surface area contributed by atoms with Crippen LogP contribution in [0.2, 0.25) is 0 Å². The Hall–Kier alpha value is -1.19. The van der Waals surface area contributed by atoms with Crippen LogP contribution in [-0.4, -0.2) is 7.05 Å². The van der Waals surface area contributed by atoms with E-state index >= 15 is 0 Å². The molecule has 1 aromatic heterocycles. The highest BCUT2D eigenvalue weighted by molar-refractivity contribution is 7.10. The topological polar surface area (TPSA) is 12.0 Å². The first-order valence-electron chi connectivity index (χ1n) is 5.18. The smallest absolute Gasteiger partial charge is 0.123 e. The molecule has 0 aliphatic rings. The molecule has 0 spiro atoms. The summed E-state index contributed by atoms with van der Waals surface area (Å²) in [5.74, 6) is -0.194. The van der Waals surface area contributed by atoms with Gasteiger partial charge in [-0.05, 0) is 48.7 Å². The molecule has 0 amide bonds. The van der Waals surface area contributed by atoms with Crippen molar-refractivity contribution in [2.45, 2.75) is 13.0 Å². The van der Waals surface area contributed by atoms with Crippen LogP contribution in [-0.2, 0) is 0 Å². The zero-order valence-electron chi connectivity index (χ0n) is 9.33. The van der Waals surface area contributed by atoms with Crippen LogP contribution >= 0.6 is 11.3 Å². The van der Waals surface area contributed by atoms with E-state index in [2.05, 4.69) is 23.7 Å². The fourth-order valence-corrected chi connectivity index (χ4v) is 2.53. The Labute approximate surface area is 98.9 Å². The summed E-state index contributed by atoms with van der Waals surface area (Å²) in [5, 5.41) is 5.39. The molecule has 1 N–H and O–H groups in total. The number of benzene rings is 1. The van der Waals surface area contributed by atoms with Gasteiger partial charge in [-0.3, -0.25) is 0 Å². The zero-order chi connectivity index (χ0) is 11.5. The molecule has 0 bridgehead atoms. The van der Waals surface area contributed by atoms with Gasteiger partial charge in [0.15, 0.2) is 0 Å². The van der Waals surface area contributed by atoms with Crippen LogP contribution in [0.25, 0.3) is 0 Å². The van der Waals surface area contributed by atoms with Gasteiger partial charge < -0.3 is 5.32 Å². The first-order valence-corrected chi connectivity index (χ1v) is 6.06. The third kappa shape index (κ3) is 2.31. The Kier molecular flexibility index (Phi) is 3.36. The Morgan fingerprint density at radius 1 is 1.19 bits per heavy atom. The molecule has 1 heterocycles. The Morgan fingerprint density at radius 3 is 2.38 bits per heavy atom. The maximum Gasteiger partial charge on any atom is 0.123 e. The fraction of sp³-hybridized carbons (Fsp3) is 0.231. The molecule has 0 radical (unpaired) electrons. The third-order valence-electron chi connectivity index (χ3n) is 2.58. The average Bonchev–Trinajstić information content (AvgIpc) is 2.69. The highest BCUT2D eigenvalue weighted by Gasteiger charge is 2.12. The van der Waals surface area contributed by atoms with Crippen LogP contribution in [0.4, 0.5) is 4.39 Å². The van der Waals surface area contributed by atoms with Crippen molar-refractivity contribution in [3.8, 4) is 0 Å². The molecule has 3 heteroatoms. The fourth-order valence-electron chi connectivity index (χ4n) is 1.80. The Bertz CT molecular complexity index is 461. The number of hydrogen-bond donors (Lipinski definition) is 1. The number of halogens is 1. The van der Waals surface area contributed by atoms with E-state index in [0.29, 0.717) is 0 Å². The maximum absolute atomic E-state index is 12.8. The molecular weight excluding hydrogens is 221 g/mol. The second-order valence-corrected chi connectivity index (χ2v) is 4.88. The highest BCUT2D eigenvalue weighted by atomic mass is 32.1. The van der Waals surface area contributed by atoms with E-state index in [0.717, 1.165) is 5.56 Å². The quantitative estimate of drug-likeness (QED) is 0.858. The number of nitrogens with one attached hydrogen (secondary N) is 1. The molecule has 2 rings (SSSR count). The monoisotopic (exact) mass is 235 g/mol. The van der Waals surface area contributed by atoms with Gasteiger partial charge in [-0.15, -0.1) is 11.3 Å². The number of thiophene rings is 1. The van der Waals surface area contributed by atoms with E-state index in [9.17, 15) is 4.39 Å². The van der Waals surface area contributed by atoms with E-state index in [-0.39, 0.29) is 11.9 Å². The van der Waals surface area contributed by atoms with Crippen LogP contribution in [0.3, 0.4) is 0 Å². The summed E-state index contributed by atoms with van der Waals surface area (Å²) < 4.78 is 12.8.